The fourth-order valence-corrected chi connectivity index (χ4v) is 3.17. The first-order chi connectivity index (χ1) is 12.5. The van der Waals surface area contributed by atoms with Crippen LogP contribution in [0.3, 0.4) is 0 Å². The summed E-state index contributed by atoms with van der Waals surface area (Å²) in [5.74, 6) is -0.0146. The molecule has 134 valence electrons. The number of nitrogens with zero attached hydrogens (tertiary/aromatic N) is 1. The largest absolute Gasteiger partial charge is 0.497 e. The van der Waals surface area contributed by atoms with E-state index >= 15 is 0 Å². The maximum absolute atomic E-state index is 13.9. The van der Waals surface area contributed by atoms with Gasteiger partial charge in [0.15, 0.2) is 5.13 Å². The van der Waals surface area contributed by atoms with Crippen LogP contribution in [0.25, 0.3) is 11.3 Å². The fourth-order valence-electron chi connectivity index (χ4n) is 2.31. The Bertz CT molecular complexity index is 961. The van der Waals surface area contributed by atoms with Gasteiger partial charge in [-0.25, -0.2) is 9.37 Å². The summed E-state index contributed by atoms with van der Waals surface area (Å²) in [5.41, 5.74) is 1.23. The third-order valence-electron chi connectivity index (χ3n) is 3.58. The van der Waals surface area contributed by atoms with E-state index in [4.69, 9.17) is 21.1 Å². The van der Waals surface area contributed by atoms with Crippen LogP contribution in [0.2, 0.25) is 5.02 Å². The molecule has 0 spiro atoms. The van der Waals surface area contributed by atoms with Crippen molar-refractivity contribution in [3.63, 3.8) is 0 Å². The molecule has 2 aromatic carbocycles. The van der Waals surface area contributed by atoms with Crippen molar-refractivity contribution in [2.45, 2.75) is 0 Å². The van der Waals surface area contributed by atoms with Gasteiger partial charge in [0.2, 0.25) is 0 Å². The van der Waals surface area contributed by atoms with Gasteiger partial charge in [-0.15, -0.1) is 11.3 Å². The first-order valence-electron chi connectivity index (χ1n) is 7.46. The van der Waals surface area contributed by atoms with Crippen molar-refractivity contribution >= 4 is 34.0 Å². The number of rotatable bonds is 5. The second-order valence-electron chi connectivity index (χ2n) is 5.18. The van der Waals surface area contributed by atoms with Crippen LogP contribution in [-0.2, 0) is 0 Å². The quantitative estimate of drug-likeness (QED) is 0.672. The molecule has 0 bridgehead atoms. The molecule has 0 aliphatic rings. The minimum absolute atomic E-state index is 0.106. The Balaban J connectivity index is 1.85. The molecule has 0 atom stereocenters. The highest BCUT2D eigenvalue weighted by atomic mass is 35.5. The average molecular weight is 393 g/mol. The molecule has 0 unspecified atom stereocenters. The number of nitrogens with one attached hydrogen (secondary N) is 1. The van der Waals surface area contributed by atoms with E-state index in [0.29, 0.717) is 22.3 Å². The van der Waals surface area contributed by atoms with Gasteiger partial charge < -0.3 is 9.47 Å². The highest BCUT2D eigenvalue weighted by Gasteiger charge is 2.16. The van der Waals surface area contributed by atoms with Crippen molar-refractivity contribution in [1.82, 2.24) is 4.98 Å². The molecule has 1 amide bonds. The summed E-state index contributed by atoms with van der Waals surface area (Å²) in [4.78, 5) is 16.6. The monoisotopic (exact) mass is 392 g/mol. The molecule has 1 heterocycles. The molecule has 8 heteroatoms. The second kappa shape index (κ2) is 7.72. The third-order valence-corrected chi connectivity index (χ3v) is 4.58. The van der Waals surface area contributed by atoms with E-state index in [1.807, 2.05) is 0 Å². The van der Waals surface area contributed by atoms with Gasteiger partial charge in [-0.2, -0.15) is 0 Å². The number of benzene rings is 2. The van der Waals surface area contributed by atoms with Gasteiger partial charge in [0.25, 0.3) is 5.91 Å². The van der Waals surface area contributed by atoms with Gasteiger partial charge in [0.1, 0.15) is 17.3 Å². The van der Waals surface area contributed by atoms with E-state index in [2.05, 4.69) is 10.3 Å². The van der Waals surface area contributed by atoms with Gasteiger partial charge >= 0.3 is 0 Å². The molecule has 5 nitrogen and oxygen atoms in total. The minimum Gasteiger partial charge on any atom is -0.497 e. The molecule has 3 rings (SSSR count). The average Bonchev–Trinajstić information content (AvgIpc) is 3.09. The summed E-state index contributed by atoms with van der Waals surface area (Å²) < 4.78 is 24.4. The SMILES string of the molecule is COc1ccc(OC)c(-c2csc(NC(=O)c3ccc(Cl)cc3F)n2)c1. The molecule has 1 N–H and O–H groups in total. The molecular weight excluding hydrogens is 379 g/mol. The van der Waals surface area contributed by atoms with Crippen LogP contribution in [0.1, 0.15) is 10.4 Å². The normalized spacial score (nSPS) is 10.5. The van der Waals surface area contributed by atoms with Crippen LogP contribution in [0, 0.1) is 5.82 Å². The Morgan fingerprint density at radius 2 is 2.00 bits per heavy atom. The first kappa shape index (κ1) is 18.2. The van der Waals surface area contributed by atoms with Gasteiger partial charge in [-0.3, -0.25) is 10.1 Å². The van der Waals surface area contributed by atoms with Crippen LogP contribution >= 0.6 is 22.9 Å². The second-order valence-corrected chi connectivity index (χ2v) is 6.48. The van der Waals surface area contributed by atoms with Gasteiger partial charge in [-0.1, -0.05) is 11.6 Å². The number of ether oxygens (including phenoxy) is 2. The van der Waals surface area contributed by atoms with E-state index in [9.17, 15) is 9.18 Å². The highest BCUT2D eigenvalue weighted by Crippen LogP contribution is 2.35. The number of aromatic nitrogens is 1. The third kappa shape index (κ3) is 3.79. The van der Waals surface area contributed by atoms with Crippen LogP contribution in [-0.4, -0.2) is 25.1 Å². The van der Waals surface area contributed by atoms with E-state index in [0.717, 1.165) is 11.6 Å². The Labute approximate surface area is 158 Å². The van der Waals surface area contributed by atoms with Gasteiger partial charge in [0.05, 0.1) is 25.5 Å². The fraction of sp³-hybridized carbons (Fsp3) is 0.111. The number of halogens is 2. The summed E-state index contributed by atoms with van der Waals surface area (Å²) in [6.45, 7) is 0. The van der Waals surface area contributed by atoms with Crippen molar-refractivity contribution in [2.75, 3.05) is 19.5 Å². The number of anilines is 1. The zero-order chi connectivity index (χ0) is 18.7. The number of thiazole rings is 1. The molecule has 1 aromatic heterocycles. The first-order valence-corrected chi connectivity index (χ1v) is 8.72. The smallest absolute Gasteiger partial charge is 0.260 e. The molecule has 0 aliphatic heterocycles. The highest BCUT2D eigenvalue weighted by molar-refractivity contribution is 7.14. The zero-order valence-electron chi connectivity index (χ0n) is 13.9. The summed E-state index contributed by atoms with van der Waals surface area (Å²) in [6.07, 6.45) is 0. The Morgan fingerprint density at radius 1 is 1.19 bits per heavy atom. The molecule has 0 aliphatic carbocycles. The molecule has 0 radical (unpaired) electrons. The molecule has 26 heavy (non-hydrogen) atoms. The molecule has 3 aromatic rings. The Kier molecular flexibility index (Phi) is 5.39. The van der Waals surface area contributed by atoms with E-state index in [1.54, 1.807) is 37.8 Å². The van der Waals surface area contributed by atoms with Crippen LogP contribution in [0.4, 0.5) is 9.52 Å². The number of carbonyl (C=O) groups excluding carboxylic acids is 1. The standard InChI is InChI=1S/C18H14ClFN2O3S/c1-24-11-4-6-16(25-2)13(8-11)15-9-26-18(21-15)22-17(23)12-5-3-10(19)7-14(12)20/h3-9H,1-2H3,(H,21,22,23). The summed E-state index contributed by atoms with van der Waals surface area (Å²) in [6, 6.07) is 9.21. The predicted octanol–water partition coefficient (Wildman–Crippen LogP) is 4.87. The lowest BCUT2D eigenvalue weighted by Crippen LogP contribution is -2.13. The lowest BCUT2D eigenvalue weighted by atomic mass is 10.1. The number of amides is 1. The van der Waals surface area contributed by atoms with E-state index < -0.39 is 11.7 Å². The van der Waals surface area contributed by atoms with Crippen molar-refractivity contribution in [2.24, 2.45) is 0 Å². The number of carbonyl (C=O) groups is 1. The van der Waals surface area contributed by atoms with Crippen LogP contribution in [0.15, 0.2) is 41.8 Å². The summed E-state index contributed by atoms with van der Waals surface area (Å²) in [5, 5.41) is 4.92. The molecule has 0 saturated heterocycles. The van der Waals surface area contributed by atoms with Crippen LogP contribution in [0.5, 0.6) is 11.5 Å². The molecule has 0 fully saturated rings. The maximum atomic E-state index is 13.9. The van der Waals surface area contributed by atoms with Crippen molar-refractivity contribution in [3.8, 4) is 22.8 Å². The number of hydrogen-bond donors (Lipinski definition) is 1. The van der Waals surface area contributed by atoms with Crippen molar-refractivity contribution in [1.29, 1.82) is 0 Å². The summed E-state index contributed by atoms with van der Waals surface area (Å²) >= 11 is 6.92. The van der Waals surface area contributed by atoms with Gasteiger partial charge in [-0.05, 0) is 36.4 Å². The topological polar surface area (TPSA) is 60.5 Å². The number of methoxy groups -OCH3 is 2. The lowest BCUT2D eigenvalue weighted by Gasteiger charge is -2.08. The van der Waals surface area contributed by atoms with E-state index in [1.165, 1.54) is 23.5 Å². The van der Waals surface area contributed by atoms with Gasteiger partial charge in [0, 0.05) is 16.0 Å². The number of hydrogen-bond acceptors (Lipinski definition) is 5. The Morgan fingerprint density at radius 3 is 2.69 bits per heavy atom. The predicted molar refractivity (Wildman–Crippen MR) is 100 cm³/mol. The van der Waals surface area contributed by atoms with Crippen LogP contribution < -0.4 is 14.8 Å². The Hall–Kier alpha value is -2.64. The summed E-state index contributed by atoms with van der Waals surface area (Å²) in [7, 11) is 3.13. The molecule has 0 saturated carbocycles. The maximum Gasteiger partial charge on any atom is 0.260 e. The molecular formula is C18H14ClFN2O3S. The minimum atomic E-state index is -0.693. The zero-order valence-corrected chi connectivity index (χ0v) is 15.5. The van der Waals surface area contributed by atoms with Crippen molar-refractivity contribution < 1.29 is 18.7 Å². The lowest BCUT2D eigenvalue weighted by molar-refractivity contribution is 0.102. The van der Waals surface area contributed by atoms with E-state index in [-0.39, 0.29) is 10.6 Å². The van der Waals surface area contributed by atoms with Crippen molar-refractivity contribution in [3.05, 3.63) is 58.2 Å².